The molecule has 0 spiro atoms. The summed E-state index contributed by atoms with van der Waals surface area (Å²) in [5, 5.41) is 16.2. The summed E-state index contributed by atoms with van der Waals surface area (Å²) in [4.78, 5) is 7.73. The lowest BCUT2D eigenvalue weighted by atomic mass is 10.3. The molecule has 0 fully saturated rings. The highest BCUT2D eigenvalue weighted by atomic mass is 17.1. The third kappa shape index (κ3) is 4.94. The Bertz CT molecular complexity index is 244. The van der Waals surface area contributed by atoms with Crippen LogP contribution in [0.5, 0.6) is 11.5 Å². The van der Waals surface area contributed by atoms with E-state index >= 15 is 0 Å². The molecule has 0 saturated carbocycles. The van der Waals surface area contributed by atoms with Crippen LogP contribution in [-0.4, -0.2) is 36.9 Å². The van der Waals surface area contributed by atoms with E-state index in [1.165, 1.54) is 0 Å². The van der Waals surface area contributed by atoms with Crippen LogP contribution in [0.2, 0.25) is 0 Å². The average Bonchev–Trinajstić information content (AvgIpc) is 2.32. The summed E-state index contributed by atoms with van der Waals surface area (Å²) in [6.07, 6.45) is 0. The molecule has 0 amide bonds. The van der Waals surface area contributed by atoms with Gasteiger partial charge in [-0.25, -0.2) is 9.78 Å². The lowest BCUT2D eigenvalue weighted by molar-refractivity contribution is -0.245. The number of hydrogen-bond acceptors (Lipinski definition) is 6. The second-order valence-corrected chi connectivity index (χ2v) is 2.83. The van der Waals surface area contributed by atoms with Gasteiger partial charge < -0.3 is 9.47 Å². The third-order valence-corrected chi connectivity index (χ3v) is 1.71. The molecule has 0 aliphatic heterocycles. The first kappa shape index (κ1) is 12.7. The molecular formula is C10H14O6. The summed E-state index contributed by atoms with van der Waals surface area (Å²) in [6.45, 7) is 0.780. The van der Waals surface area contributed by atoms with Gasteiger partial charge in [-0.3, -0.25) is 10.5 Å². The highest BCUT2D eigenvalue weighted by molar-refractivity contribution is 5.31. The average molecular weight is 230 g/mol. The molecule has 6 nitrogen and oxygen atoms in total. The molecule has 1 rings (SSSR count). The van der Waals surface area contributed by atoms with E-state index in [0.717, 1.165) is 0 Å². The monoisotopic (exact) mass is 230 g/mol. The highest BCUT2D eigenvalue weighted by Gasteiger charge is 1.96. The van der Waals surface area contributed by atoms with Crippen LogP contribution in [0.4, 0.5) is 0 Å². The van der Waals surface area contributed by atoms with Crippen LogP contribution in [0.1, 0.15) is 0 Å². The van der Waals surface area contributed by atoms with Gasteiger partial charge in [-0.1, -0.05) is 0 Å². The summed E-state index contributed by atoms with van der Waals surface area (Å²) in [5.74, 6) is 1.31. The van der Waals surface area contributed by atoms with Gasteiger partial charge in [0, 0.05) is 0 Å². The summed E-state index contributed by atoms with van der Waals surface area (Å²) >= 11 is 0. The van der Waals surface area contributed by atoms with E-state index in [0.29, 0.717) is 11.5 Å². The topological polar surface area (TPSA) is 77.4 Å². The molecular weight excluding hydrogens is 216 g/mol. The van der Waals surface area contributed by atoms with Crippen LogP contribution in [0.25, 0.3) is 0 Å². The fourth-order valence-electron chi connectivity index (χ4n) is 1.03. The molecule has 0 aliphatic rings. The number of hydrogen-bond donors (Lipinski definition) is 2. The first-order valence-corrected chi connectivity index (χ1v) is 4.75. The maximum Gasteiger partial charge on any atom is 0.119 e. The Morgan fingerprint density at radius 3 is 1.38 bits per heavy atom. The van der Waals surface area contributed by atoms with Gasteiger partial charge in [-0.2, -0.15) is 0 Å². The van der Waals surface area contributed by atoms with Gasteiger partial charge in [0.15, 0.2) is 0 Å². The largest absolute Gasteiger partial charge is 0.491 e. The van der Waals surface area contributed by atoms with Gasteiger partial charge in [-0.15, -0.1) is 0 Å². The third-order valence-electron chi connectivity index (χ3n) is 1.71. The van der Waals surface area contributed by atoms with E-state index in [1.807, 2.05) is 0 Å². The highest BCUT2D eigenvalue weighted by Crippen LogP contribution is 2.17. The van der Waals surface area contributed by atoms with Gasteiger partial charge >= 0.3 is 0 Å². The van der Waals surface area contributed by atoms with Crippen molar-refractivity contribution in [2.75, 3.05) is 26.4 Å². The van der Waals surface area contributed by atoms with Crippen molar-refractivity contribution < 1.29 is 29.8 Å². The van der Waals surface area contributed by atoms with Crippen LogP contribution in [0.15, 0.2) is 24.3 Å². The van der Waals surface area contributed by atoms with Crippen molar-refractivity contribution >= 4 is 0 Å². The van der Waals surface area contributed by atoms with Crippen molar-refractivity contribution in [1.82, 2.24) is 0 Å². The fraction of sp³-hybridized carbons (Fsp3) is 0.400. The summed E-state index contributed by atoms with van der Waals surface area (Å²) in [6, 6.07) is 6.91. The maximum atomic E-state index is 8.08. The summed E-state index contributed by atoms with van der Waals surface area (Å²) in [7, 11) is 0. The minimum Gasteiger partial charge on any atom is -0.491 e. The Labute approximate surface area is 92.8 Å². The predicted octanol–water partition coefficient (Wildman–Crippen LogP) is 1.42. The molecule has 0 radical (unpaired) electrons. The Morgan fingerprint density at radius 2 is 1.06 bits per heavy atom. The van der Waals surface area contributed by atoms with Crippen molar-refractivity contribution in [1.29, 1.82) is 0 Å². The van der Waals surface area contributed by atoms with Gasteiger partial charge in [0.25, 0.3) is 0 Å². The molecule has 0 unspecified atom stereocenters. The molecule has 0 aromatic heterocycles. The van der Waals surface area contributed by atoms with E-state index < -0.39 is 0 Å². The van der Waals surface area contributed by atoms with Crippen LogP contribution >= 0.6 is 0 Å². The zero-order valence-corrected chi connectivity index (χ0v) is 8.67. The molecule has 0 aliphatic carbocycles. The van der Waals surface area contributed by atoms with E-state index in [1.54, 1.807) is 24.3 Å². The van der Waals surface area contributed by atoms with Crippen molar-refractivity contribution in [2.24, 2.45) is 0 Å². The standard InChI is InChI=1S/C10H14O6/c11-15-7-5-13-9-1-2-10(4-3-9)14-6-8-16-12/h1-4,11-12H,5-8H2. The van der Waals surface area contributed by atoms with Crippen molar-refractivity contribution in [3.63, 3.8) is 0 Å². The molecule has 6 heteroatoms. The first-order chi connectivity index (χ1) is 7.86. The molecule has 0 saturated heterocycles. The van der Waals surface area contributed by atoms with E-state index in [4.69, 9.17) is 20.0 Å². The van der Waals surface area contributed by atoms with Gasteiger partial charge in [0.2, 0.25) is 0 Å². The zero-order chi connectivity index (χ0) is 11.6. The van der Waals surface area contributed by atoms with Crippen molar-refractivity contribution in [3.05, 3.63) is 24.3 Å². The lowest BCUT2D eigenvalue weighted by Crippen LogP contribution is -2.05. The second kappa shape index (κ2) is 7.89. The number of rotatable bonds is 8. The number of benzene rings is 1. The Kier molecular flexibility index (Phi) is 6.28. The van der Waals surface area contributed by atoms with Gasteiger partial charge in [0.05, 0.1) is 0 Å². The fourth-order valence-corrected chi connectivity index (χ4v) is 1.03. The van der Waals surface area contributed by atoms with Crippen molar-refractivity contribution in [2.45, 2.75) is 0 Å². The van der Waals surface area contributed by atoms with Crippen molar-refractivity contribution in [3.8, 4) is 11.5 Å². The van der Waals surface area contributed by atoms with Crippen LogP contribution in [0, 0.1) is 0 Å². The molecule has 1 aromatic carbocycles. The van der Waals surface area contributed by atoms with Gasteiger partial charge in [-0.05, 0) is 24.3 Å². The van der Waals surface area contributed by atoms with E-state index in [-0.39, 0.29) is 26.4 Å². The molecule has 0 atom stereocenters. The van der Waals surface area contributed by atoms with Crippen LogP contribution in [0.3, 0.4) is 0 Å². The Hall–Kier alpha value is -1.34. The molecule has 0 heterocycles. The predicted molar refractivity (Wildman–Crippen MR) is 54.6 cm³/mol. The molecule has 2 N–H and O–H groups in total. The molecule has 1 aromatic rings. The summed E-state index contributed by atoms with van der Waals surface area (Å²) in [5.41, 5.74) is 0. The number of ether oxygens (including phenoxy) is 2. The smallest absolute Gasteiger partial charge is 0.119 e. The van der Waals surface area contributed by atoms with Gasteiger partial charge in [0.1, 0.15) is 37.9 Å². The lowest BCUT2D eigenvalue weighted by Gasteiger charge is -2.07. The normalized spacial score (nSPS) is 10.1. The maximum absolute atomic E-state index is 8.08. The minimum atomic E-state index is 0.117. The minimum absolute atomic E-state index is 0.117. The zero-order valence-electron chi connectivity index (χ0n) is 8.67. The Morgan fingerprint density at radius 1 is 0.688 bits per heavy atom. The second-order valence-electron chi connectivity index (χ2n) is 2.83. The Balaban J connectivity index is 2.30. The van der Waals surface area contributed by atoms with E-state index in [2.05, 4.69) is 9.78 Å². The summed E-state index contributed by atoms with van der Waals surface area (Å²) < 4.78 is 10.4. The SMILES string of the molecule is OOCCOc1ccc(OCCOO)cc1. The van der Waals surface area contributed by atoms with E-state index in [9.17, 15) is 0 Å². The van der Waals surface area contributed by atoms with Crippen LogP contribution < -0.4 is 9.47 Å². The first-order valence-electron chi connectivity index (χ1n) is 4.75. The molecule has 16 heavy (non-hydrogen) atoms. The van der Waals surface area contributed by atoms with Crippen LogP contribution in [-0.2, 0) is 9.78 Å². The molecule has 0 bridgehead atoms. The quantitative estimate of drug-likeness (QED) is 0.399. The molecule has 90 valence electrons.